The van der Waals surface area contributed by atoms with E-state index in [1.54, 1.807) is 25.1 Å². The van der Waals surface area contributed by atoms with E-state index in [1.807, 2.05) is 5.38 Å². The molecule has 21 heavy (non-hydrogen) atoms. The van der Waals surface area contributed by atoms with E-state index < -0.39 is 4.92 Å². The summed E-state index contributed by atoms with van der Waals surface area (Å²) in [7, 11) is 0. The molecule has 2 heterocycles. The molecule has 0 spiro atoms. The molecule has 0 bridgehead atoms. The molecule has 0 saturated heterocycles. The molecule has 0 atom stereocenters. The Hall–Kier alpha value is -2.54. The molecule has 6 nitrogen and oxygen atoms in total. The van der Waals surface area contributed by atoms with Crippen molar-refractivity contribution in [3.05, 3.63) is 67.6 Å². The number of hydrogen-bond donors (Lipinski definition) is 0. The zero-order valence-electron chi connectivity index (χ0n) is 11.1. The van der Waals surface area contributed by atoms with Crippen molar-refractivity contribution < 1.29 is 4.92 Å². The molecule has 0 aliphatic rings. The van der Waals surface area contributed by atoms with Crippen LogP contribution >= 0.6 is 11.3 Å². The Bertz CT molecular complexity index is 898. The zero-order valence-corrected chi connectivity index (χ0v) is 12.0. The molecule has 2 aromatic heterocycles. The molecule has 3 aromatic rings. The highest BCUT2D eigenvalue weighted by Crippen LogP contribution is 2.22. The van der Waals surface area contributed by atoms with Crippen LogP contribution in [0.1, 0.15) is 11.1 Å². The number of nitrogens with zero attached hydrogens (tertiary/aromatic N) is 3. The summed E-state index contributed by atoms with van der Waals surface area (Å²) in [6, 6.07) is 6.67. The average molecular weight is 301 g/mol. The molecule has 0 unspecified atom stereocenters. The van der Waals surface area contributed by atoms with Gasteiger partial charge in [-0.3, -0.25) is 19.5 Å². The van der Waals surface area contributed by atoms with Crippen LogP contribution in [0.5, 0.6) is 0 Å². The minimum absolute atomic E-state index is 0.0608. The molecule has 0 saturated carbocycles. The van der Waals surface area contributed by atoms with Gasteiger partial charge in [0.25, 0.3) is 11.2 Å². The predicted molar refractivity (Wildman–Crippen MR) is 80.8 cm³/mol. The summed E-state index contributed by atoms with van der Waals surface area (Å²) < 4.78 is 2.07. The lowest BCUT2D eigenvalue weighted by Crippen LogP contribution is -2.20. The third kappa shape index (κ3) is 2.31. The second-order valence-electron chi connectivity index (χ2n) is 4.63. The predicted octanol–water partition coefficient (Wildman–Crippen LogP) is 2.72. The maximum absolute atomic E-state index is 12.3. The van der Waals surface area contributed by atoms with Crippen LogP contribution in [-0.4, -0.2) is 14.5 Å². The number of fused-ring (bicyclic) bond motifs is 1. The molecule has 0 radical (unpaired) electrons. The lowest BCUT2D eigenvalue weighted by atomic mass is 10.1. The van der Waals surface area contributed by atoms with Gasteiger partial charge in [-0.05, 0) is 23.9 Å². The van der Waals surface area contributed by atoms with Gasteiger partial charge in [0.2, 0.25) is 0 Å². The number of nitro benzene ring substituents is 1. The average Bonchev–Trinajstić information content (AvgIpc) is 2.93. The molecule has 7 heteroatoms. The highest BCUT2D eigenvalue weighted by molar-refractivity contribution is 7.17. The standard InChI is InChI=1S/C14H11N3O3S/c1-9-10(3-2-4-12(9)17(19)20)7-16-8-15-11-5-6-21-13(11)14(16)18/h2-6,8H,7H2,1H3. The quantitative estimate of drug-likeness (QED) is 0.550. The molecule has 3 rings (SSSR count). The smallest absolute Gasteiger partial charge is 0.272 e. The summed E-state index contributed by atoms with van der Waals surface area (Å²) in [5.41, 5.74) is 1.92. The molecule has 0 N–H and O–H groups in total. The Morgan fingerprint density at radius 2 is 2.19 bits per heavy atom. The molecule has 0 fully saturated rings. The Morgan fingerprint density at radius 3 is 2.95 bits per heavy atom. The lowest BCUT2D eigenvalue weighted by molar-refractivity contribution is -0.385. The summed E-state index contributed by atoms with van der Waals surface area (Å²) in [4.78, 5) is 27.1. The molecule has 0 aliphatic carbocycles. The number of nitro groups is 1. The van der Waals surface area contributed by atoms with E-state index in [0.29, 0.717) is 15.8 Å². The number of thiophene rings is 1. The van der Waals surface area contributed by atoms with Crippen molar-refractivity contribution >= 4 is 27.2 Å². The van der Waals surface area contributed by atoms with Crippen LogP contribution in [0, 0.1) is 17.0 Å². The van der Waals surface area contributed by atoms with Crippen molar-refractivity contribution in [3.63, 3.8) is 0 Å². The first-order valence-corrected chi connectivity index (χ1v) is 7.11. The van der Waals surface area contributed by atoms with Gasteiger partial charge in [-0.1, -0.05) is 12.1 Å². The summed E-state index contributed by atoms with van der Waals surface area (Å²) in [6.45, 7) is 1.96. The second-order valence-corrected chi connectivity index (χ2v) is 5.55. The van der Waals surface area contributed by atoms with Gasteiger partial charge in [0.1, 0.15) is 4.70 Å². The van der Waals surface area contributed by atoms with Crippen LogP contribution in [0.2, 0.25) is 0 Å². The number of aromatic nitrogens is 2. The van der Waals surface area contributed by atoms with Crippen molar-refractivity contribution in [3.8, 4) is 0 Å². The van der Waals surface area contributed by atoms with E-state index in [9.17, 15) is 14.9 Å². The Balaban J connectivity index is 2.07. The van der Waals surface area contributed by atoms with E-state index in [-0.39, 0.29) is 17.8 Å². The van der Waals surface area contributed by atoms with Crippen LogP contribution in [0.4, 0.5) is 5.69 Å². The largest absolute Gasteiger partial charge is 0.294 e. The Labute approximate surface area is 123 Å². The van der Waals surface area contributed by atoms with Crippen molar-refractivity contribution in [2.45, 2.75) is 13.5 Å². The fourth-order valence-corrected chi connectivity index (χ4v) is 3.01. The molecule has 1 aromatic carbocycles. The van der Waals surface area contributed by atoms with Gasteiger partial charge in [-0.2, -0.15) is 0 Å². The first-order valence-electron chi connectivity index (χ1n) is 6.23. The number of rotatable bonds is 3. The topological polar surface area (TPSA) is 78.0 Å². The molecular formula is C14H11N3O3S. The first kappa shape index (κ1) is 13.4. The van der Waals surface area contributed by atoms with Crippen LogP contribution in [0.3, 0.4) is 0 Å². The Kier molecular flexibility index (Phi) is 3.26. The van der Waals surface area contributed by atoms with E-state index in [0.717, 1.165) is 5.56 Å². The summed E-state index contributed by atoms with van der Waals surface area (Å²) in [5, 5.41) is 12.8. The van der Waals surface area contributed by atoms with Gasteiger partial charge in [-0.25, -0.2) is 4.98 Å². The van der Waals surface area contributed by atoms with Crippen LogP contribution in [0.25, 0.3) is 10.2 Å². The van der Waals surface area contributed by atoms with Crippen molar-refractivity contribution in [2.24, 2.45) is 0 Å². The van der Waals surface area contributed by atoms with Crippen LogP contribution < -0.4 is 5.56 Å². The third-order valence-corrected chi connectivity index (χ3v) is 4.28. The lowest BCUT2D eigenvalue weighted by Gasteiger charge is -2.08. The van der Waals surface area contributed by atoms with Gasteiger partial charge < -0.3 is 0 Å². The SMILES string of the molecule is Cc1c(Cn2cnc3ccsc3c2=O)cccc1[N+](=O)[O-]. The van der Waals surface area contributed by atoms with Crippen LogP contribution in [0.15, 0.2) is 40.8 Å². The van der Waals surface area contributed by atoms with Gasteiger partial charge in [0.05, 0.1) is 23.3 Å². The van der Waals surface area contributed by atoms with Gasteiger partial charge in [0.15, 0.2) is 0 Å². The summed E-state index contributed by atoms with van der Waals surface area (Å²) in [6.07, 6.45) is 1.48. The third-order valence-electron chi connectivity index (χ3n) is 3.39. The van der Waals surface area contributed by atoms with Crippen LogP contribution in [-0.2, 0) is 6.54 Å². The monoisotopic (exact) mass is 301 g/mol. The minimum atomic E-state index is -0.414. The second kappa shape index (κ2) is 5.10. The van der Waals surface area contributed by atoms with Crippen molar-refractivity contribution in [1.29, 1.82) is 0 Å². The van der Waals surface area contributed by atoms with Gasteiger partial charge in [-0.15, -0.1) is 11.3 Å². The van der Waals surface area contributed by atoms with E-state index in [2.05, 4.69) is 4.98 Å². The van der Waals surface area contributed by atoms with E-state index >= 15 is 0 Å². The molecule has 106 valence electrons. The normalized spacial score (nSPS) is 10.9. The molecule has 0 amide bonds. The number of benzene rings is 1. The summed E-state index contributed by atoms with van der Waals surface area (Å²) >= 11 is 1.35. The highest BCUT2D eigenvalue weighted by atomic mass is 32.1. The van der Waals surface area contributed by atoms with Gasteiger partial charge in [0, 0.05) is 11.6 Å². The fourth-order valence-electron chi connectivity index (χ4n) is 2.21. The maximum Gasteiger partial charge on any atom is 0.272 e. The zero-order chi connectivity index (χ0) is 15.0. The highest BCUT2D eigenvalue weighted by Gasteiger charge is 2.14. The summed E-state index contributed by atoms with van der Waals surface area (Å²) in [5.74, 6) is 0. The van der Waals surface area contributed by atoms with Crippen molar-refractivity contribution in [2.75, 3.05) is 0 Å². The maximum atomic E-state index is 12.3. The molecule has 0 aliphatic heterocycles. The van der Waals surface area contributed by atoms with Gasteiger partial charge >= 0.3 is 0 Å². The van der Waals surface area contributed by atoms with E-state index in [1.165, 1.54) is 28.3 Å². The van der Waals surface area contributed by atoms with Crippen molar-refractivity contribution in [1.82, 2.24) is 9.55 Å². The Morgan fingerprint density at radius 1 is 1.38 bits per heavy atom. The number of hydrogen-bond acceptors (Lipinski definition) is 5. The molecular weight excluding hydrogens is 290 g/mol. The first-order chi connectivity index (χ1) is 10.1. The van der Waals surface area contributed by atoms with E-state index in [4.69, 9.17) is 0 Å². The minimum Gasteiger partial charge on any atom is -0.294 e. The fraction of sp³-hybridized carbons (Fsp3) is 0.143.